The third-order valence-electron chi connectivity index (χ3n) is 4.81. The number of carbonyl (C=O) groups excluding carboxylic acids is 2. The Bertz CT molecular complexity index is 612. The van der Waals surface area contributed by atoms with Crippen LogP contribution in [-0.4, -0.2) is 48.7 Å². The van der Waals surface area contributed by atoms with Gasteiger partial charge in [0, 0.05) is 19.7 Å². The average Bonchev–Trinajstić information content (AvgIpc) is 2.60. The Labute approximate surface area is 150 Å². The minimum absolute atomic E-state index is 0.000201. The standard InChI is InChI=1S/C20H29NO4/c1-4-5-10-25-19(23)13-18(22)16-8-6-15-12-17(20(24)21(2)3)9-7-14(15)11-16/h7,9,12,16,18,22H,4-6,8,10-11,13H2,1-3H3. The van der Waals surface area contributed by atoms with E-state index in [1.165, 1.54) is 5.56 Å². The van der Waals surface area contributed by atoms with Crippen LogP contribution in [0.5, 0.6) is 0 Å². The van der Waals surface area contributed by atoms with E-state index in [0.717, 1.165) is 37.7 Å². The van der Waals surface area contributed by atoms with E-state index in [0.29, 0.717) is 12.2 Å². The van der Waals surface area contributed by atoms with E-state index < -0.39 is 6.10 Å². The number of carbonyl (C=O) groups is 2. The van der Waals surface area contributed by atoms with Crippen LogP contribution >= 0.6 is 0 Å². The summed E-state index contributed by atoms with van der Waals surface area (Å²) in [4.78, 5) is 25.4. The van der Waals surface area contributed by atoms with Gasteiger partial charge in [0.1, 0.15) is 0 Å². The summed E-state index contributed by atoms with van der Waals surface area (Å²) in [6.07, 6.45) is 3.58. The summed E-state index contributed by atoms with van der Waals surface area (Å²) in [7, 11) is 3.49. The lowest BCUT2D eigenvalue weighted by Gasteiger charge is -2.28. The molecule has 0 saturated heterocycles. The van der Waals surface area contributed by atoms with Crippen molar-refractivity contribution < 1.29 is 19.4 Å². The monoisotopic (exact) mass is 347 g/mol. The van der Waals surface area contributed by atoms with Gasteiger partial charge >= 0.3 is 5.97 Å². The minimum atomic E-state index is -0.676. The summed E-state index contributed by atoms with van der Waals surface area (Å²) in [6.45, 7) is 2.47. The highest BCUT2D eigenvalue weighted by molar-refractivity contribution is 5.94. The van der Waals surface area contributed by atoms with E-state index in [1.807, 2.05) is 25.1 Å². The topological polar surface area (TPSA) is 66.8 Å². The molecule has 25 heavy (non-hydrogen) atoms. The van der Waals surface area contributed by atoms with Gasteiger partial charge in [-0.05, 0) is 54.9 Å². The van der Waals surface area contributed by atoms with Gasteiger partial charge in [0.25, 0.3) is 5.91 Å². The molecular weight excluding hydrogens is 318 g/mol. The third-order valence-corrected chi connectivity index (χ3v) is 4.81. The van der Waals surface area contributed by atoms with Crippen molar-refractivity contribution in [2.75, 3.05) is 20.7 Å². The molecule has 0 bridgehead atoms. The van der Waals surface area contributed by atoms with E-state index in [1.54, 1.807) is 19.0 Å². The molecule has 0 spiro atoms. The van der Waals surface area contributed by atoms with Gasteiger partial charge in [0.05, 0.1) is 19.1 Å². The second kappa shape index (κ2) is 8.99. The molecule has 5 heteroatoms. The fourth-order valence-corrected chi connectivity index (χ4v) is 3.23. The summed E-state index contributed by atoms with van der Waals surface area (Å²) in [5.74, 6) is -0.264. The highest BCUT2D eigenvalue weighted by Crippen LogP contribution is 2.29. The lowest BCUT2D eigenvalue weighted by molar-refractivity contribution is -0.146. The Morgan fingerprint density at radius 2 is 2.08 bits per heavy atom. The maximum atomic E-state index is 12.1. The molecule has 1 aliphatic rings. The first-order valence-electron chi connectivity index (χ1n) is 9.09. The SMILES string of the molecule is CCCCOC(=O)CC(O)C1CCc2cc(C(=O)N(C)C)ccc2C1. The number of esters is 1. The number of unbranched alkanes of at least 4 members (excludes halogenated alkanes) is 1. The van der Waals surface area contributed by atoms with Crippen LogP contribution in [0.2, 0.25) is 0 Å². The molecule has 0 saturated carbocycles. The third kappa shape index (κ3) is 5.30. The van der Waals surface area contributed by atoms with Crippen LogP contribution in [-0.2, 0) is 22.4 Å². The maximum absolute atomic E-state index is 12.1. The van der Waals surface area contributed by atoms with Gasteiger partial charge in [0.15, 0.2) is 0 Å². The molecular formula is C20H29NO4. The van der Waals surface area contributed by atoms with Crippen LogP contribution in [0.15, 0.2) is 18.2 Å². The van der Waals surface area contributed by atoms with Gasteiger partial charge in [-0.25, -0.2) is 0 Å². The molecule has 0 heterocycles. The predicted octanol–water partition coefficient (Wildman–Crippen LogP) is 2.59. The van der Waals surface area contributed by atoms with Crippen molar-refractivity contribution in [1.82, 2.24) is 4.90 Å². The van der Waals surface area contributed by atoms with E-state index in [4.69, 9.17) is 4.74 Å². The molecule has 0 fully saturated rings. The van der Waals surface area contributed by atoms with Gasteiger partial charge in [0.2, 0.25) is 0 Å². The van der Waals surface area contributed by atoms with Gasteiger partial charge in [-0.2, -0.15) is 0 Å². The fraction of sp³-hybridized carbons (Fsp3) is 0.600. The number of benzene rings is 1. The number of fused-ring (bicyclic) bond motifs is 1. The average molecular weight is 347 g/mol. The van der Waals surface area contributed by atoms with Crippen LogP contribution in [0.4, 0.5) is 0 Å². The lowest BCUT2D eigenvalue weighted by Crippen LogP contribution is -2.30. The Morgan fingerprint density at radius 1 is 1.32 bits per heavy atom. The van der Waals surface area contributed by atoms with Gasteiger partial charge in [-0.15, -0.1) is 0 Å². The Morgan fingerprint density at radius 3 is 2.76 bits per heavy atom. The molecule has 138 valence electrons. The number of hydrogen-bond acceptors (Lipinski definition) is 4. The second-order valence-corrected chi connectivity index (χ2v) is 7.03. The van der Waals surface area contributed by atoms with Crippen LogP contribution in [0.1, 0.15) is 54.1 Å². The van der Waals surface area contributed by atoms with E-state index in [9.17, 15) is 14.7 Å². The van der Waals surface area contributed by atoms with Gasteiger partial charge in [-0.3, -0.25) is 9.59 Å². The van der Waals surface area contributed by atoms with Crippen LogP contribution < -0.4 is 0 Å². The number of aryl methyl sites for hydroxylation is 1. The Balaban J connectivity index is 1.94. The van der Waals surface area contributed by atoms with Crippen LogP contribution in [0.25, 0.3) is 0 Å². The normalized spacial score (nSPS) is 17.5. The number of amides is 1. The van der Waals surface area contributed by atoms with Gasteiger partial charge in [-0.1, -0.05) is 19.4 Å². The zero-order chi connectivity index (χ0) is 18.4. The van der Waals surface area contributed by atoms with Crippen molar-refractivity contribution in [2.45, 2.75) is 51.6 Å². The van der Waals surface area contributed by atoms with Crippen LogP contribution in [0, 0.1) is 5.92 Å². The molecule has 1 aromatic carbocycles. The summed E-state index contributed by atoms with van der Waals surface area (Å²) in [5, 5.41) is 10.4. The first-order valence-corrected chi connectivity index (χ1v) is 9.09. The molecule has 1 aliphatic carbocycles. The van der Waals surface area contributed by atoms with Crippen LogP contribution in [0.3, 0.4) is 0 Å². The highest BCUT2D eigenvalue weighted by Gasteiger charge is 2.27. The molecule has 2 rings (SSSR count). The predicted molar refractivity (Wildman–Crippen MR) is 96.5 cm³/mol. The minimum Gasteiger partial charge on any atom is -0.466 e. The van der Waals surface area contributed by atoms with Crippen molar-refractivity contribution >= 4 is 11.9 Å². The maximum Gasteiger partial charge on any atom is 0.308 e. The lowest BCUT2D eigenvalue weighted by atomic mass is 9.79. The van der Waals surface area contributed by atoms with E-state index in [-0.39, 0.29) is 24.2 Å². The van der Waals surface area contributed by atoms with Crippen molar-refractivity contribution in [1.29, 1.82) is 0 Å². The van der Waals surface area contributed by atoms with E-state index in [2.05, 4.69) is 0 Å². The Hall–Kier alpha value is -1.88. The smallest absolute Gasteiger partial charge is 0.308 e. The molecule has 1 aromatic rings. The highest BCUT2D eigenvalue weighted by atomic mass is 16.5. The summed E-state index contributed by atoms with van der Waals surface area (Å²) < 4.78 is 5.14. The number of rotatable bonds is 7. The first-order chi connectivity index (χ1) is 11.9. The fourth-order valence-electron chi connectivity index (χ4n) is 3.23. The molecule has 0 aromatic heterocycles. The second-order valence-electron chi connectivity index (χ2n) is 7.03. The zero-order valence-electron chi connectivity index (χ0n) is 15.5. The summed E-state index contributed by atoms with van der Waals surface area (Å²) >= 11 is 0. The number of ether oxygens (including phenoxy) is 1. The number of aliphatic hydroxyl groups excluding tert-OH is 1. The zero-order valence-corrected chi connectivity index (χ0v) is 15.5. The molecule has 0 radical (unpaired) electrons. The van der Waals surface area contributed by atoms with Crippen molar-refractivity contribution in [3.63, 3.8) is 0 Å². The molecule has 5 nitrogen and oxygen atoms in total. The summed E-state index contributed by atoms with van der Waals surface area (Å²) in [6, 6.07) is 5.78. The van der Waals surface area contributed by atoms with E-state index >= 15 is 0 Å². The summed E-state index contributed by atoms with van der Waals surface area (Å²) in [5.41, 5.74) is 3.02. The van der Waals surface area contributed by atoms with Crippen molar-refractivity contribution in [2.24, 2.45) is 5.92 Å². The molecule has 0 aliphatic heterocycles. The molecule has 2 unspecified atom stereocenters. The molecule has 1 amide bonds. The van der Waals surface area contributed by atoms with Gasteiger partial charge < -0.3 is 14.7 Å². The number of nitrogens with zero attached hydrogens (tertiary/aromatic N) is 1. The Kier molecular flexibility index (Phi) is 7.00. The van der Waals surface area contributed by atoms with Crippen molar-refractivity contribution in [3.05, 3.63) is 34.9 Å². The number of hydrogen-bond donors (Lipinski definition) is 1. The number of aliphatic hydroxyl groups is 1. The first kappa shape index (κ1) is 19.4. The molecule has 1 N–H and O–H groups in total. The molecule has 2 atom stereocenters. The van der Waals surface area contributed by atoms with Crippen molar-refractivity contribution in [3.8, 4) is 0 Å². The largest absolute Gasteiger partial charge is 0.466 e. The quantitative estimate of drug-likeness (QED) is 0.608.